The first kappa shape index (κ1) is 11.1. The highest BCUT2D eigenvalue weighted by Crippen LogP contribution is 2.28. The highest BCUT2D eigenvalue weighted by atomic mass is 32.1. The average Bonchev–Trinajstić information content (AvgIpc) is 2.81. The van der Waals surface area contributed by atoms with Gasteiger partial charge in [-0.25, -0.2) is 0 Å². The number of nitrogens with two attached hydrogens (primary N) is 1. The van der Waals surface area contributed by atoms with Gasteiger partial charge < -0.3 is 10.5 Å². The van der Waals surface area contributed by atoms with Crippen LogP contribution in [0.3, 0.4) is 0 Å². The van der Waals surface area contributed by atoms with Gasteiger partial charge in [0, 0.05) is 11.4 Å². The van der Waals surface area contributed by atoms with Crippen LogP contribution in [0.5, 0.6) is 0 Å². The minimum absolute atomic E-state index is 0.119. The van der Waals surface area contributed by atoms with E-state index in [0.29, 0.717) is 12.6 Å². The van der Waals surface area contributed by atoms with Crippen molar-refractivity contribution < 1.29 is 4.74 Å². The van der Waals surface area contributed by atoms with Crippen molar-refractivity contribution in [3.63, 3.8) is 0 Å². The number of ether oxygens (including phenoxy) is 1. The van der Waals surface area contributed by atoms with E-state index in [1.165, 1.54) is 37.0 Å². The van der Waals surface area contributed by atoms with Gasteiger partial charge in [-0.1, -0.05) is 25.3 Å². The molecule has 0 bridgehead atoms. The molecule has 1 saturated carbocycles. The molecule has 84 valence electrons. The van der Waals surface area contributed by atoms with Crippen molar-refractivity contribution in [1.82, 2.24) is 0 Å². The van der Waals surface area contributed by atoms with Crippen molar-refractivity contribution in [3.8, 4) is 0 Å². The fourth-order valence-electron chi connectivity index (χ4n) is 2.15. The lowest BCUT2D eigenvalue weighted by Crippen LogP contribution is -2.23. The van der Waals surface area contributed by atoms with Gasteiger partial charge in [-0.15, -0.1) is 11.3 Å². The van der Waals surface area contributed by atoms with Crippen LogP contribution in [0, 0.1) is 0 Å². The normalized spacial score (nSPS) is 20.3. The summed E-state index contributed by atoms with van der Waals surface area (Å²) >= 11 is 1.74. The first-order valence-electron chi connectivity index (χ1n) is 5.79. The predicted octanol–water partition coefficient (Wildman–Crippen LogP) is 3.10. The number of thiophene rings is 1. The van der Waals surface area contributed by atoms with Crippen LogP contribution in [-0.2, 0) is 4.74 Å². The van der Waals surface area contributed by atoms with Crippen LogP contribution in [0.1, 0.15) is 43.1 Å². The second-order valence-corrected chi connectivity index (χ2v) is 5.12. The van der Waals surface area contributed by atoms with Crippen LogP contribution in [-0.4, -0.2) is 12.6 Å². The molecule has 2 N–H and O–H groups in total. The van der Waals surface area contributed by atoms with Crippen LogP contribution in [0.25, 0.3) is 0 Å². The van der Waals surface area contributed by atoms with E-state index in [0.717, 1.165) is 0 Å². The summed E-state index contributed by atoms with van der Waals surface area (Å²) in [6.45, 7) is 0.594. The molecule has 1 atom stereocenters. The van der Waals surface area contributed by atoms with E-state index in [1.807, 2.05) is 0 Å². The molecular weight excluding hydrogens is 206 g/mol. The van der Waals surface area contributed by atoms with Gasteiger partial charge in [-0.05, 0) is 24.3 Å². The maximum Gasteiger partial charge on any atom is 0.104 e. The highest BCUT2D eigenvalue weighted by Gasteiger charge is 2.19. The standard InChI is InChI=1S/C12H19NOS/c13-9-11(12-7-4-8-15-12)14-10-5-2-1-3-6-10/h4,7-8,10-11H,1-3,5-6,9,13H2. The van der Waals surface area contributed by atoms with Crippen molar-refractivity contribution >= 4 is 11.3 Å². The Kier molecular flexibility index (Phi) is 4.18. The summed E-state index contributed by atoms with van der Waals surface area (Å²) in [7, 11) is 0. The van der Waals surface area contributed by atoms with Crippen molar-refractivity contribution in [2.45, 2.75) is 44.3 Å². The lowest BCUT2D eigenvalue weighted by Gasteiger charge is -2.26. The highest BCUT2D eigenvalue weighted by molar-refractivity contribution is 7.10. The van der Waals surface area contributed by atoms with Crippen LogP contribution < -0.4 is 5.73 Å². The van der Waals surface area contributed by atoms with Gasteiger partial charge >= 0.3 is 0 Å². The van der Waals surface area contributed by atoms with Crippen LogP contribution in [0.15, 0.2) is 17.5 Å². The smallest absolute Gasteiger partial charge is 0.104 e. The third-order valence-electron chi connectivity index (χ3n) is 2.98. The molecule has 0 aliphatic heterocycles. The number of hydrogen-bond acceptors (Lipinski definition) is 3. The molecule has 0 amide bonds. The van der Waals surface area contributed by atoms with Crippen LogP contribution in [0.2, 0.25) is 0 Å². The fourth-order valence-corrected chi connectivity index (χ4v) is 2.92. The van der Waals surface area contributed by atoms with E-state index in [-0.39, 0.29) is 6.10 Å². The minimum atomic E-state index is 0.119. The zero-order valence-electron chi connectivity index (χ0n) is 9.02. The molecule has 1 unspecified atom stereocenters. The Hall–Kier alpha value is -0.380. The molecule has 0 aromatic carbocycles. The molecule has 0 saturated heterocycles. The van der Waals surface area contributed by atoms with Crippen molar-refractivity contribution in [1.29, 1.82) is 0 Å². The third-order valence-corrected chi connectivity index (χ3v) is 3.95. The Morgan fingerprint density at radius 3 is 2.80 bits per heavy atom. The van der Waals surface area contributed by atoms with E-state index in [1.54, 1.807) is 11.3 Å². The van der Waals surface area contributed by atoms with Gasteiger partial charge in [0.05, 0.1) is 6.10 Å². The summed E-state index contributed by atoms with van der Waals surface area (Å²) in [6.07, 6.45) is 6.97. The van der Waals surface area contributed by atoms with E-state index >= 15 is 0 Å². The summed E-state index contributed by atoms with van der Waals surface area (Å²) in [6, 6.07) is 4.18. The lowest BCUT2D eigenvalue weighted by atomic mass is 9.97. The SMILES string of the molecule is NCC(OC1CCCCC1)c1cccs1. The number of rotatable bonds is 4. The molecule has 2 nitrogen and oxygen atoms in total. The largest absolute Gasteiger partial charge is 0.368 e. The summed E-state index contributed by atoms with van der Waals surface area (Å²) in [4.78, 5) is 1.27. The van der Waals surface area contributed by atoms with Gasteiger partial charge in [-0.3, -0.25) is 0 Å². The molecule has 1 aliphatic carbocycles. The predicted molar refractivity (Wildman–Crippen MR) is 64.1 cm³/mol. The van der Waals surface area contributed by atoms with Crippen molar-refractivity contribution in [2.75, 3.05) is 6.54 Å². The minimum Gasteiger partial charge on any atom is -0.368 e. The lowest BCUT2D eigenvalue weighted by molar-refractivity contribution is -0.0252. The van der Waals surface area contributed by atoms with Gasteiger partial charge in [0.25, 0.3) is 0 Å². The maximum absolute atomic E-state index is 6.07. The topological polar surface area (TPSA) is 35.2 Å². The zero-order valence-corrected chi connectivity index (χ0v) is 9.84. The van der Waals surface area contributed by atoms with E-state index in [2.05, 4.69) is 17.5 Å². The van der Waals surface area contributed by atoms with E-state index < -0.39 is 0 Å². The molecule has 3 heteroatoms. The monoisotopic (exact) mass is 225 g/mol. The first-order chi connectivity index (χ1) is 7.40. The Bertz CT molecular complexity index is 267. The van der Waals surface area contributed by atoms with Gasteiger partial charge in [0.15, 0.2) is 0 Å². The zero-order chi connectivity index (χ0) is 10.5. The molecule has 15 heavy (non-hydrogen) atoms. The molecule has 1 aromatic rings. The second-order valence-electron chi connectivity index (χ2n) is 4.14. The van der Waals surface area contributed by atoms with Crippen LogP contribution >= 0.6 is 11.3 Å². The molecule has 1 aliphatic rings. The van der Waals surface area contributed by atoms with Crippen molar-refractivity contribution in [2.24, 2.45) is 5.73 Å². The third kappa shape index (κ3) is 3.03. The first-order valence-corrected chi connectivity index (χ1v) is 6.67. The van der Waals surface area contributed by atoms with Crippen molar-refractivity contribution in [3.05, 3.63) is 22.4 Å². The fraction of sp³-hybridized carbons (Fsp3) is 0.667. The van der Waals surface area contributed by atoms with E-state index in [4.69, 9.17) is 10.5 Å². The summed E-state index contributed by atoms with van der Waals surface area (Å²) in [5, 5.41) is 2.09. The molecule has 0 radical (unpaired) electrons. The molecule has 1 heterocycles. The molecule has 0 spiro atoms. The summed E-state index contributed by atoms with van der Waals surface area (Å²) < 4.78 is 6.07. The van der Waals surface area contributed by atoms with E-state index in [9.17, 15) is 0 Å². The Morgan fingerprint density at radius 2 is 2.20 bits per heavy atom. The number of hydrogen-bond donors (Lipinski definition) is 1. The maximum atomic E-state index is 6.07. The quantitative estimate of drug-likeness (QED) is 0.854. The van der Waals surface area contributed by atoms with Gasteiger partial charge in [0.1, 0.15) is 6.10 Å². The van der Waals surface area contributed by atoms with Gasteiger partial charge in [-0.2, -0.15) is 0 Å². The second kappa shape index (κ2) is 5.64. The van der Waals surface area contributed by atoms with Crippen LogP contribution in [0.4, 0.5) is 0 Å². The summed E-state index contributed by atoms with van der Waals surface area (Å²) in [5.74, 6) is 0. The molecular formula is C12H19NOS. The molecule has 1 aromatic heterocycles. The molecule has 1 fully saturated rings. The van der Waals surface area contributed by atoms with Gasteiger partial charge in [0.2, 0.25) is 0 Å². The Labute approximate surface area is 95.4 Å². The Morgan fingerprint density at radius 1 is 1.40 bits per heavy atom. The molecule has 2 rings (SSSR count). The average molecular weight is 225 g/mol. The Balaban J connectivity index is 1.90. The summed E-state index contributed by atoms with van der Waals surface area (Å²) in [5.41, 5.74) is 5.76.